The van der Waals surface area contributed by atoms with Gasteiger partial charge in [-0.2, -0.15) is 0 Å². The number of nitrogens with two attached hydrogens (primary N) is 1. The Kier molecular flexibility index (Phi) is 29.5. The second-order valence-corrected chi connectivity index (χ2v) is 30.1. The van der Waals surface area contributed by atoms with Crippen LogP contribution in [0.5, 0.6) is 23.0 Å². The highest BCUT2D eigenvalue weighted by molar-refractivity contribution is 9.10. The minimum atomic E-state index is -1.08. The third-order valence-corrected chi connectivity index (χ3v) is 22.5. The number of rotatable bonds is 17. The number of halogens is 5. The Morgan fingerprint density at radius 3 is 1.31 bits per heavy atom. The molecule has 0 aliphatic carbocycles. The fourth-order valence-electron chi connectivity index (χ4n) is 11.3. The number of nitrogens with zero attached hydrogens (tertiary/aromatic N) is 4. The first-order chi connectivity index (χ1) is 55.1. The molecule has 594 valence electrons. The highest BCUT2D eigenvalue weighted by atomic mass is 79.9. The Balaban J connectivity index is 0.000000151. The van der Waals surface area contributed by atoms with E-state index in [1.165, 1.54) is 104 Å². The molecule has 6 aromatic carbocycles. The average molecular weight is 1700 g/mol. The number of pyridine rings is 4. The van der Waals surface area contributed by atoms with E-state index in [1.54, 1.807) is 153 Å². The number of fused-ring (bicyclic) bond motifs is 4. The molecule has 1 aliphatic rings. The Morgan fingerprint density at radius 1 is 0.478 bits per heavy atom. The zero-order valence-corrected chi connectivity index (χ0v) is 68.3. The van der Waals surface area contributed by atoms with Gasteiger partial charge in [-0.25, -0.2) is 51.9 Å². The van der Waals surface area contributed by atoms with Crippen molar-refractivity contribution < 1.29 is 89.8 Å². The Labute approximate surface area is 683 Å². The van der Waals surface area contributed by atoms with Gasteiger partial charge in [-0.15, -0.1) is 45.3 Å². The summed E-state index contributed by atoms with van der Waals surface area (Å²) in [7, 11) is 8.37. The topological polar surface area (TPSA) is 292 Å². The van der Waals surface area contributed by atoms with Crippen LogP contribution >= 0.6 is 61.3 Å². The van der Waals surface area contributed by atoms with Crippen molar-refractivity contribution in [1.29, 1.82) is 0 Å². The van der Waals surface area contributed by atoms with Crippen LogP contribution in [-0.2, 0) is 18.8 Å². The van der Waals surface area contributed by atoms with E-state index in [4.69, 9.17) is 39.1 Å². The number of carbonyl (C=O) groups is 4. The van der Waals surface area contributed by atoms with Crippen molar-refractivity contribution in [2.75, 3.05) is 55.7 Å². The number of esters is 2. The number of hydrogen-bond acceptors (Lipinski definition) is 23. The summed E-state index contributed by atoms with van der Waals surface area (Å²) in [5.41, 5.74) is 11.6. The summed E-state index contributed by atoms with van der Waals surface area (Å²) in [5.74, 6) is -1.09. The van der Waals surface area contributed by atoms with Gasteiger partial charge >= 0.3 is 25.0 Å². The molecule has 8 aromatic heterocycles. The predicted molar refractivity (Wildman–Crippen MR) is 445 cm³/mol. The zero-order valence-electron chi connectivity index (χ0n) is 63.4. The number of hydrogen-bond donors (Lipinski definition) is 5. The van der Waals surface area contributed by atoms with Crippen molar-refractivity contribution in [3.8, 4) is 56.8 Å². The quantitative estimate of drug-likeness (QED) is 0.0245. The average Bonchev–Trinajstić information content (AvgIpc) is 1.61. The summed E-state index contributed by atoms with van der Waals surface area (Å²) in [6.45, 7) is 8.23. The fraction of sp³-hybridized carbons (Fsp3) is 0.190. The Morgan fingerprint density at radius 2 is 0.878 bits per heavy atom. The van der Waals surface area contributed by atoms with Crippen molar-refractivity contribution in [3.05, 3.63) is 265 Å². The molecule has 115 heavy (non-hydrogen) atoms. The Bertz CT molecular complexity index is 5750. The summed E-state index contributed by atoms with van der Waals surface area (Å²) < 4.78 is 99.8. The minimum absolute atomic E-state index is 0.0201. The first-order valence-corrected chi connectivity index (χ1v) is 39.2. The van der Waals surface area contributed by atoms with Crippen LogP contribution < -0.4 is 35.5 Å². The monoisotopic (exact) mass is 1700 g/mol. The second-order valence-electron chi connectivity index (χ2n) is 25.8. The van der Waals surface area contributed by atoms with E-state index >= 15 is 0 Å². The number of ether oxygens (including phenoxy) is 6. The van der Waals surface area contributed by atoms with Crippen molar-refractivity contribution >= 4 is 138 Å². The number of aliphatic hydroxyl groups is 2. The zero-order chi connectivity index (χ0) is 82.8. The van der Waals surface area contributed by atoms with E-state index in [0.717, 1.165) is 49.3 Å². The lowest BCUT2D eigenvalue weighted by molar-refractivity contribution is 0.00578. The molecule has 0 spiro atoms. The molecule has 31 heteroatoms. The standard InChI is InChI=1S/C24H21FN2O4S.C15H10FNO2S.C14H16BFO2S.C14H8FNO2S.C10H15NO3.C7H6BrNO2/c1-30-15-9-14(10-16(11-15)31-2)22(28)12-26-24(29)21-8-4-7-20(27-21)18-13-32-23-17(18)5-3-6-19(23)25;1-19-15(18)13-7-3-6-12(17-13)10-8-20-14-9(10)4-2-5-11(14)16;1-13(2)14(3,4)18-15(17-13)10-8-19-12-9(10)6-5-7-11(12)16;15-10-4-1-3-8-9(7-19-13(8)10)11-5-2-6-12(16-11)14(17)18;1-13-9-4-3-7(8(12)6-11)5-10(9)14-2;1-11-7(10)5-3-2-4-6(8)9-5/h3-11,13,22,28H,12H2,1-2H3,(H,26,29);2-8H,1H3;5-8H,1-4H3;1-7H,(H,17,18);3-5,8,12H,6,11H2,1-2H3;2-4H,1H3. The molecule has 14 aromatic rings. The van der Waals surface area contributed by atoms with Gasteiger partial charge < -0.3 is 64.1 Å². The molecule has 1 amide bonds. The highest BCUT2D eigenvalue weighted by Crippen LogP contribution is 2.41. The number of carboxylic acids is 1. The molecule has 6 N–H and O–H groups in total. The van der Waals surface area contributed by atoms with E-state index in [-0.39, 0.29) is 64.6 Å². The lowest BCUT2D eigenvalue weighted by Gasteiger charge is -2.32. The number of carbonyl (C=O) groups excluding carboxylic acids is 3. The number of aromatic nitrogens is 4. The maximum atomic E-state index is 14.0. The molecule has 21 nitrogen and oxygen atoms in total. The molecular weight excluding hydrogens is 1630 g/mol. The Hall–Kier alpha value is -11.1. The first kappa shape index (κ1) is 86.3. The van der Waals surface area contributed by atoms with Gasteiger partial charge in [-0.05, 0) is 163 Å². The summed E-state index contributed by atoms with van der Waals surface area (Å²) in [6.07, 6.45) is -1.62. The summed E-state index contributed by atoms with van der Waals surface area (Å²) >= 11 is 8.44. The van der Waals surface area contributed by atoms with Crippen molar-refractivity contribution in [2.45, 2.75) is 51.1 Å². The van der Waals surface area contributed by atoms with Crippen LogP contribution in [0, 0.1) is 23.3 Å². The minimum Gasteiger partial charge on any atom is -0.497 e. The number of thiophene rings is 4. The van der Waals surface area contributed by atoms with Crippen LogP contribution in [0.3, 0.4) is 0 Å². The highest BCUT2D eigenvalue weighted by Gasteiger charge is 2.52. The van der Waals surface area contributed by atoms with Crippen LogP contribution in [0.15, 0.2) is 208 Å². The predicted octanol–water partition coefficient (Wildman–Crippen LogP) is 17.9. The number of benzene rings is 6. The van der Waals surface area contributed by atoms with Crippen LogP contribution in [0.1, 0.15) is 93.0 Å². The van der Waals surface area contributed by atoms with Crippen molar-refractivity contribution in [1.82, 2.24) is 25.3 Å². The molecule has 0 saturated carbocycles. The molecule has 2 atom stereocenters. The SMILES string of the molecule is CC1(C)OB(c2csc3c(F)cccc23)OC1(C)C.COC(=O)c1cccc(-c2csc3c(F)cccc23)n1.COC(=O)c1cccc(Br)n1.COc1cc(OC)cc(C(O)CNC(=O)c2cccc(-c3csc4c(F)cccc34)n2)c1.COc1ccc(C(O)CN)cc1OC.O=C(O)c1cccc(-c2csc3c(F)cccc23)n1. The van der Waals surface area contributed by atoms with Gasteiger partial charge in [0.25, 0.3) is 5.91 Å². The van der Waals surface area contributed by atoms with Crippen LogP contribution in [-0.4, -0.2) is 133 Å². The fourth-order valence-corrected chi connectivity index (χ4v) is 15.5. The molecule has 15 rings (SSSR count). The third kappa shape index (κ3) is 20.9. The van der Waals surface area contributed by atoms with Gasteiger partial charge in [0, 0.05) is 73.6 Å². The van der Waals surface area contributed by atoms with Gasteiger partial charge in [-0.1, -0.05) is 78.9 Å². The normalized spacial score (nSPS) is 12.8. The lowest BCUT2D eigenvalue weighted by atomic mass is 9.79. The van der Waals surface area contributed by atoms with Crippen molar-refractivity contribution in [3.63, 3.8) is 0 Å². The third-order valence-electron chi connectivity index (χ3n) is 18.0. The number of aliphatic hydroxyl groups excluding tert-OH is 2. The van der Waals surface area contributed by atoms with E-state index < -0.39 is 43.1 Å². The molecule has 0 radical (unpaired) electrons. The molecule has 1 fully saturated rings. The maximum Gasteiger partial charge on any atom is 0.496 e. The van der Waals surface area contributed by atoms with Crippen LogP contribution in [0.2, 0.25) is 0 Å². The number of carboxylic acid groups (broad SMARTS) is 1. The smallest absolute Gasteiger partial charge is 0.496 e. The molecule has 2 unspecified atom stereocenters. The number of methoxy groups -OCH3 is 6. The number of aromatic carboxylic acids is 1. The summed E-state index contributed by atoms with van der Waals surface area (Å²) in [5, 5.41) is 42.2. The van der Waals surface area contributed by atoms with Gasteiger partial charge in [0.15, 0.2) is 11.5 Å². The molecule has 1 saturated heterocycles. The molecule has 9 heterocycles. The number of amides is 1. The van der Waals surface area contributed by atoms with E-state index in [1.807, 2.05) is 62.0 Å². The molecular formula is C84H76BBrF4N6O15S4. The number of nitrogens with one attached hydrogen (secondary N) is 1. The van der Waals surface area contributed by atoms with Gasteiger partial charge in [-0.3, -0.25) is 4.79 Å². The van der Waals surface area contributed by atoms with Crippen LogP contribution in [0.25, 0.3) is 74.1 Å². The van der Waals surface area contributed by atoms with Gasteiger partial charge in [0.2, 0.25) is 0 Å². The van der Waals surface area contributed by atoms with E-state index in [2.05, 4.69) is 50.7 Å². The van der Waals surface area contributed by atoms with Gasteiger partial charge in [0.05, 0.1) is 102 Å². The van der Waals surface area contributed by atoms with E-state index in [9.17, 15) is 47.0 Å². The van der Waals surface area contributed by atoms with Crippen molar-refractivity contribution in [2.24, 2.45) is 5.73 Å². The second kappa shape index (κ2) is 39.3. The summed E-state index contributed by atoms with van der Waals surface area (Å²) in [6, 6.07) is 50.1. The largest absolute Gasteiger partial charge is 0.497 e. The maximum absolute atomic E-state index is 14.0. The molecule has 1 aliphatic heterocycles. The lowest BCUT2D eigenvalue weighted by Crippen LogP contribution is -2.41. The van der Waals surface area contributed by atoms with Crippen LogP contribution in [0.4, 0.5) is 17.6 Å². The van der Waals surface area contributed by atoms with Gasteiger partial charge in [0.1, 0.15) is 62.1 Å². The van der Waals surface area contributed by atoms with E-state index in [0.29, 0.717) is 74.7 Å². The summed E-state index contributed by atoms with van der Waals surface area (Å²) in [4.78, 5) is 62.7. The molecule has 0 bridgehead atoms. The first-order valence-electron chi connectivity index (χ1n) is 34.9.